The van der Waals surface area contributed by atoms with E-state index in [4.69, 9.17) is 0 Å². The molecule has 24 heavy (non-hydrogen) atoms. The Morgan fingerprint density at radius 3 is 1.83 bits per heavy atom. The maximum atomic E-state index is 13.3. The number of halogens is 3. The van der Waals surface area contributed by atoms with Crippen molar-refractivity contribution >= 4 is 0 Å². The molecule has 0 N–H and O–H groups in total. The monoisotopic (exact) mass is 324 g/mol. The third-order valence-corrected chi connectivity index (χ3v) is 4.73. The van der Waals surface area contributed by atoms with E-state index in [9.17, 15) is 13.2 Å². The smallest absolute Gasteiger partial charge is 0.166 e. The lowest BCUT2D eigenvalue weighted by Gasteiger charge is -2.18. The molecule has 0 atom stereocenters. The van der Waals surface area contributed by atoms with Crippen molar-refractivity contribution in [3.63, 3.8) is 0 Å². The molecule has 0 saturated carbocycles. The minimum absolute atomic E-state index is 0.154. The van der Waals surface area contributed by atoms with E-state index in [0.717, 1.165) is 22.3 Å². The van der Waals surface area contributed by atoms with Crippen molar-refractivity contribution in [3.8, 4) is 11.1 Å². The van der Waals surface area contributed by atoms with Gasteiger partial charge in [-0.2, -0.15) is 13.2 Å². The summed E-state index contributed by atoms with van der Waals surface area (Å²) < 4.78 is 39.9. The van der Waals surface area contributed by atoms with Crippen LogP contribution in [0.4, 0.5) is 13.2 Å². The van der Waals surface area contributed by atoms with Gasteiger partial charge in [0.15, 0.2) is 0 Å². The van der Waals surface area contributed by atoms with Gasteiger partial charge in [-0.15, -0.1) is 0 Å². The van der Waals surface area contributed by atoms with Crippen LogP contribution in [0.3, 0.4) is 0 Å². The van der Waals surface area contributed by atoms with Gasteiger partial charge in [0.1, 0.15) is 0 Å². The highest BCUT2D eigenvalue weighted by molar-refractivity contribution is 5.80. The molecule has 0 aromatic heterocycles. The Morgan fingerprint density at radius 2 is 1.29 bits per heavy atom. The topological polar surface area (TPSA) is 0 Å². The number of fused-ring (bicyclic) bond motifs is 3. The van der Waals surface area contributed by atoms with Gasteiger partial charge in [0.05, 0.1) is 5.56 Å². The Morgan fingerprint density at radius 1 is 0.750 bits per heavy atom. The molecule has 3 heteroatoms. The van der Waals surface area contributed by atoms with Gasteiger partial charge < -0.3 is 0 Å². The maximum absolute atomic E-state index is 13.3. The summed E-state index contributed by atoms with van der Waals surface area (Å²) in [5.74, 6) is -0.154. The standard InChI is InChI=1S/C21H15F3/c1-13-10-11-14(12-19(13)21(22,23)24)20-17-8-4-2-6-15(17)16-7-3-5-9-18(16)20/h2-12,20H,1H3. The van der Waals surface area contributed by atoms with Crippen LogP contribution in [0.25, 0.3) is 11.1 Å². The Hall–Kier alpha value is -2.55. The Bertz CT molecular complexity index is 877. The minimum atomic E-state index is -4.34. The van der Waals surface area contributed by atoms with Crippen molar-refractivity contribution in [1.29, 1.82) is 0 Å². The molecule has 0 amide bonds. The number of alkyl halides is 3. The number of hydrogen-bond donors (Lipinski definition) is 0. The summed E-state index contributed by atoms with van der Waals surface area (Å²) in [4.78, 5) is 0. The van der Waals surface area contributed by atoms with Crippen LogP contribution in [0, 0.1) is 6.92 Å². The zero-order valence-corrected chi connectivity index (χ0v) is 13.1. The van der Waals surface area contributed by atoms with Crippen LogP contribution in [0.1, 0.15) is 33.7 Å². The molecule has 0 nitrogen and oxygen atoms in total. The molecule has 0 fully saturated rings. The van der Waals surface area contributed by atoms with E-state index >= 15 is 0 Å². The quantitative estimate of drug-likeness (QED) is 0.392. The second-order valence-corrected chi connectivity index (χ2v) is 6.18. The predicted molar refractivity (Wildman–Crippen MR) is 89.0 cm³/mol. The Labute approximate surface area is 138 Å². The Balaban J connectivity index is 1.95. The first-order valence-corrected chi connectivity index (χ1v) is 7.83. The molecule has 0 saturated heterocycles. The molecule has 0 heterocycles. The number of rotatable bonds is 1. The summed E-state index contributed by atoms with van der Waals surface area (Å²) in [7, 11) is 0. The SMILES string of the molecule is Cc1ccc(C2c3ccccc3-c3ccccc32)cc1C(F)(F)F. The molecule has 1 aliphatic carbocycles. The van der Waals surface area contributed by atoms with E-state index in [-0.39, 0.29) is 11.5 Å². The molecule has 0 spiro atoms. The van der Waals surface area contributed by atoms with Crippen LogP contribution in [-0.2, 0) is 6.18 Å². The number of aryl methyl sites for hydroxylation is 1. The fourth-order valence-electron chi connectivity index (χ4n) is 3.64. The highest BCUT2D eigenvalue weighted by Gasteiger charge is 2.35. The lowest BCUT2D eigenvalue weighted by molar-refractivity contribution is -0.138. The van der Waals surface area contributed by atoms with E-state index < -0.39 is 11.7 Å². The van der Waals surface area contributed by atoms with E-state index in [1.54, 1.807) is 6.07 Å². The molecule has 120 valence electrons. The summed E-state index contributed by atoms with van der Waals surface area (Å²) >= 11 is 0. The van der Waals surface area contributed by atoms with Gasteiger partial charge in [-0.1, -0.05) is 60.7 Å². The average molecular weight is 324 g/mol. The fourth-order valence-corrected chi connectivity index (χ4v) is 3.64. The first-order chi connectivity index (χ1) is 11.5. The summed E-state index contributed by atoms with van der Waals surface area (Å²) in [6.45, 7) is 1.50. The van der Waals surface area contributed by atoms with Gasteiger partial charge in [-0.25, -0.2) is 0 Å². The van der Waals surface area contributed by atoms with Crippen LogP contribution in [0.5, 0.6) is 0 Å². The summed E-state index contributed by atoms with van der Waals surface area (Å²) in [5, 5.41) is 0. The van der Waals surface area contributed by atoms with Crippen LogP contribution < -0.4 is 0 Å². The second-order valence-electron chi connectivity index (χ2n) is 6.18. The van der Waals surface area contributed by atoms with Crippen molar-refractivity contribution in [3.05, 3.63) is 94.5 Å². The highest BCUT2D eigenvalue weighted by atomic mass is 19.4. The van der Waals surface area contributed by atoms with Gasteiger partial charge in [0, 0.05) is 5.92 Å². The molecule has 0 aliphatic heterocycles. The molecule has 0 radical (unpaired) electrons. The molecule has 3 aromatic rings. The molecule has 3 aromatic carbocycles. The van der Waals surface area contributed by atoms with Gasteiger partial charge in [-0.3, -0.25) is 0 Å². The molecule has 0 bridgehead atoms. The van der Waals surface area contributed by atoms with Crippen molar-refractivity contribution in [2.24, 2.45) is 0 Å². The highest BCUT2D eigenvalue weighted by Crippen LogP contribution is 2.48. The molecular weight excluding hydrogens is 309 g/mol. The Kier molecular flexibility index (Phi) is 3.27. The number of benzene rings is 3. The van der Waals surface area contributed by atoms with Crippen LogP contribution >= 0.6 is 0 Å². The predicted octanol–water partition coefficient (Wildman–Crippen LogP) is 6.17. The zero-order valence-electron chi connectivity index (χ0n) is 13.1. The molecule has 1 aliphatic rings. The zero-order chi connectivity index (χ0) is 16.9. The van der Waals surface area contributed by atoms with E-state index in [1.165, 1.54) is 13.0 Å². The average Bonchev–Trinajstić information content (AvgIpc) is 2.89. The fraction of sp³-hybridized carbons (Fsp3) is 0.143. The summed E-state index contributed by atoms with van der Waals surface area (Å²) in [6.07, 6.45) is -4.34. The minimum Gasteiger partial charge on any atom is -0.166 e. The third-order valence-electron chi connectivity index (χ3n) is 4.73. The normalized spacial score (nSPS) is 13.7. The lowest BCUT2D eigenvalue weighted by atomic mass is 9.87. The van der Waals surface area contributed by atoms with E-state index in [0.29, 0.717) is 5.56 Å². The van der Waals surface area contributed by atoms with Gasteiger partial charge >= 0.3 is 6.18 Å². The molecule has 4 rings (SSSR count). The van der Waals surface area contributed by atoms with Crippen LogP contribution in [0.2, 0.25) is 0 Å². The van der Waals surface area contributed by atoms with Crippen molar-refractivity contribution in [2.75, 3.05) is 0 Å². The van der Waals surface area contributed by atoms with Gasteiger partial charge in [-0.05, 0) is 46.4 Å². The van der Waals surface area contributed by atoms with Crippen LogP contribution in [-0.4, -0.2) is 0 Å². The van der Waals surface area contributed by atoms with Crippen molar-refractivity contribution < 1.29 is 13.2 Å². The largest absolute Gasteiger partial charge is 0.416 e. The third kappa shape index (κ3) is 2.23. The van der Waals surface area contributed by atoms with Crippen molar-refractivity contribution in [1.82, 2.24) is 0 Å². The van der Waals surface area contributed by atoms with Gasteiger partial charge in [0.25, 0.3) is 0 Å². The summed E-state index contributed by atoms with van der Waals surface area (Å²) in [6, 6.07) is 20.6. The van der Waals surface area contributed by atoms with Gasteiger partial charge in [0.2, 0.25) is 0 Å². The number of hydrogen-bond acceptors (Lipinski definition) is 0. The molecular formula is C21H15F3. The maximum Gasteiger partial charge on any atom is 0.416 e. The lowest BCUT2D eigenvalue weighted by Crippen LogP contribution is -2.09. The second kappa shape index (κ2) is 5.23. The first kappa shape index (κ1) is 15.0. The van der Waals surface area contributed by atoms with E-state index in [1.807, 2.05) is 54.6 Å². The molecule has 0 unspecified atom stereocenters. The van der Waals surface area contributed by atoms with Crippen LogP contribution in [0.15, 0.2) is 66.7 Å². The van der Waals surface area contributed by atoms with Crippen molar-refractivity contribution in [2.45, 2.75) is 19.0 Å². The summed E-state index contributed by atoms with van der Waals surface area (Å²) in [5.41, 5.74) is 4.73. The first-order valence-electron chi connectivity index (χ1n) is 7.83. The van der Waals surface area contributed by atoms with E-state index in [2.05, 4.69) is 0 Å².